The van der Waals surface area contributed by atoms with Gasteiger partial charge in [-0.05, 0) is 29.8 Å². The molecule has 0 aliphatic carbocycles. The van der Waals surface area contributed by atoms with Gasteiger partial charge in [0.2, 0.25) is 0 Å². The quantitative estimate of drug-likeness (QED) is 0.634. The van der Waals surface area contributed by atoms with E-state index in [2.05, 4.69) is 6.58 Å². The number of anilines is 1. The summed E-state index contributed by atoms with van der Waals surface area (Å²) in [7, 11) is 1.80. The summed E-state index contributed by atoms with van der Waals surface area (Å²) in [5.41, 5.74) is 3.61. The highest BCUT2D eigenvalue weighted by Gasteiger charge is 2.28. The van der Waals surface area contributed by atoms with E-state index < -0.39 is 0 Å². The summed E-state index contributed by atoms with van der Waals surface area (Å²) in [4.78, 5) is 14.1. The van der Waals surface area contributed by atoms with Gasteiger partial charge in [0.15, 0.2) is 0 Å². The number of fused-ring (bicyclic) bond motifs is 1. The number of nitrogens with zero attached hydrogens (tertiary/aromatic N) is 1. The minimum absolute atomic E-state index is 0.0215. The maximum atomic E-state index is 12.4. The first kappa shape index (κ1) is 14.1. The first-order valence-corrected chi connectivity index (χ1v) is 7.13. The van der Waals surface area contributed by atoms with Crippen LogP contribution in [0.3, 0.4) is 0 Å². The lowest BCUT2D eigenvalue weighted by Crippen LogP contribution is -2.20. The molecular weight excluding hydrogens is 274 g/mol. The van der Waals surface area contributed by atoms with Gasteiger partial charge in [-0.2, -0.15) is 0 Å². The van der Waals surface area contributed by atoms with E-state index in [0.29, 0.717) is 6.61 Å². The molecule has 0 atom stereocenters. The molecular formula is C19H17NO2. The minimum atomic E-state index is 0.0215. The summed E-state index contributed by atoms with van der Waals surface area (Å²) < 4.78 is 5.46. The van der Waals surface area contributed by atoms with Gasteiger partial charge in [0.1, 0.15) is 12.4 Å². The van der Waals surface area contributed by atoms with E-state index in [0.717, 1.165) is 28.1 Å². The minimum Gasteiger partial charge on any atom is -0.490 e. The molecule has 0 saturated heterocycles. The maximum absolute atomic E-state index is 12.4. The number of benzene rings is 2. The average Bonchev–Trinajstić information content (AvgIpc) is 2.80. The highest BCUT2D eigenvalue weighted by atomic mass is 16.5. The Bertz CT molecular complexity index is 744. The van der Waals surface area contributed by atoms with Crippen molar-refractivity contribution in [2.75, 3.05) is 18.6 Å². The van der Waals surface area contributed by atoms with Gasteiger partial charge in [-0.15, -0.1) is 0 Å². The lowest BCUT2D eigenvalue weighted by molar-refractivity contribution is -0.112. The van der Waals surface area contributed by atoms with Crippen molar-refractivity contribution in [3.05, 3.63) is 72.3 Å². The fourth-order valence-electron chi connectivity index (χ4n) is 2.52. The summed E-state index contributed by atoms with van der Waals surface area (Å²) in [5.74, 6) is 0.811. The van der Waals surface area contributed by atoms with E-state index in [1.54, 1.807) is 18.0 Å². The zero-order valence-corrected chi connectivity index (χ0v) is 12.5. The summed E-state index contributed by atoms with van der Waals surface area (Å²) in [6.07, 6.45) is 3.63. The predicted octanol–water partition coefficient (Wildman–Crippen LogP) is 3.77. The second kappa shape index (κ2) is 5.90. The zero-order chi connectivity index (χ0) is 15.5. The van der Waals surface area contributed by atoms with Crippen molar-refractivity contribution in [2.24, 2.45) is 0 Å². The molecule has 2 aromatic rings. The molecule has 2 aromatic carbocycles. The van der Waals surface area contributed by atoms with Crippen molar-refractivity contribution in [1.82, 2.24) is 0 Å². The van der Waals surface area contributed by atoms with Crippen LogP contribution >= 0.6 is 0 Å². The number of carbonyl (C=O) groups excluding carboxylic acids is 1. The van der Waals surface area contributed by atoms with Crippen LogP contribution < -0.4 is 9.64 Å². The van der Waals surface area contributed by atoms with Gasteiger partial charge in [0.25, 0.3) is 5.91 Å². The Labute approximate surface area is 130 Å². The molecule has 0 aromatic heterocycles. The van der Waals surface area contributed by atoms with Crippen molar-refractivity contribution < 1.29 is 9.53 Å². The van der Waals surface area contributed by atoms with E-state index in [-0.39, 0.29) is 5.91 Å². The number of hydrogen-bond donors (Lipinski definition) is 0. The van der Waals surface area contributed by atoms with Gasteiger partial charge in [-0.1, -0.05) is 43.0 Å². The van der Waals surface area contributed by atoms with Crippen LogP contribution in [0.25, 0.3) is 11.6 Å². The number of para-hydroxylation sites is 1. The molecule has 110 valence electrons. The molecule has 1 heterocycles. The normalized spacial score (nSPS) is 15.0. The summed E-state index contributed by atoms with van der Waals surface area (Å²) in [6, 6.07) is 15.5. The summed E-state index contributed by atoms with van der Waals surface area (Å²) in [5, 5.41) is 0. The highest BCUT2D eigenvalue weighted by molar-refractivity contribution is 6.35. The van der Waals surface area contributed by atoms with Crippen molar-refractivity contribution in [2.45, 2.75) is 0 Å². The summed E-state index contributed by atoms with van der Waals surface area (Å²) >= 11 is 0. The van der Waals surface area contributed by atoms with Gasteiger partial charge in [0.05, 0.1) is 5.69 Å². The number of hydrogen-bond acceptors (Lipinski definition) is 2. The number of likely N-dealkylation sites (N-methyl/N-ethyl adjacent to an activating group) is 1. The lowest BCUT2D eigenvalue weighted by Gasteiger charge is -2.08. The van der Waals surface area contributed by atoms with Crippen LogP contribution in [-0.2, 0) is 4.79 Å². The van der Waals surface area contributed by atoms with E-state index >= 15 is 0 Å². The average molecular weight is 291 g/mol. The third kappa shape index (κ3) is 2.53. The van der Waals surface area contributed by atoms with E-state index in [1.807, 2.05) is 54.6 Å². The second-order valence-electron chi connectivity index (χ2n) is 5.11. The number of carbonyl (C=O) groups is 1. The molecule has 1 aliphatic rings. The van der Waals surface area contributed by atoms with E-state index in [4.69, 9.17) is 4.74 Å². The Balaban J connectivity index is 1.92. The third-order valence-corrected chi connectivity index (χ3v) is 3.65. The van der Waals surface area contributed by atoms with Gasteiger partial charge < -0.3 is 9.64 Å². The first-order chi connectivity index (χ1) is 10.7. The Morgan fingerprint density at radius 1 is 1.14 bits per heavy atom. The molecule has 1 amide bonds. The maximum Gasteiger partial charge on any atom is 0.258 e. The van der Waals surface area contributed by atoms with Crippen LogP contribution in [0.15, 0.2) is 61.2 Å². The molecule has 22 heavy (non-hydrogen) atoms. The fourth-order valence-corrected chi connectivity index (χ4v) is 2.52. The van der Waals surface area contributed by atoms with Gasteiger partial charge in [0, 0.05) is 18.2 Å². The predicted molar refractivity (Wildman–Crippen MR) is 89.9 cm³/mol. The Morgan fingerprint density at radius 3 is 2.59 bits per heavy atom. The van der Waals surface area contributed by atoms with Crippen LogP contribution in [0, 0.1) is 0 Å². The lowest BCUT2D eigenvalue weighted by atomic mass is 10.0. The molecule has 0 unspecified atom stereocenters. The molecule has 0 spiro atoms. The van der Waals surface area contributed by atoms with Gasteiger partial charge in [-0.25, -0.2) is 0 Å². The molecule has 0 bridgehead atoms. The van der Waals surface area contributed by atoms with Crippen molar-refractivity contribution >= 4 is 23.2 Å². The fraction of sp³-hybridized carbons (Fsp3) is 0.105. The Hall–Kier alpha value is -2.81. The zero-order valence-electron chi connectivity index (χ0n) is 12.5. The molecule has 0 radical (unpaired) electrons. The molecule has 1 aliphatic heterocycles. The molecule has 3 heteroatoms. The van der Waals surface area contributed by atoms with Crippen molar-refractivity contribution in [3.63, 3.8) is 0 Å². The van der Waals surface area contributed by atoms with Crippen molar-refractivity contribution in [3.8, 4) is 5.75 Å². The SMILES string of the molecule is C=CCOc1ccc(/C=C2\C(=O)N(C)c3ccccc32)cc1. The first-order valence-electron chi connectivity index (χ1n) is 7.13. The number of rotatable bonds is 4. The number of amides is 1. The third-order valence-electron chi connectivity index (χ3n) is 3.65. The molecule has 0 saturated carbocycles. The van der Waals surface area contributed by atoms with Crippen LogP contribution in [0.4, 0.5) is 5.69 Å². The molecule has 0 N–H and O–H groups in total. The van der Waals surface area contributed by atoms with Crippen LogP contribution in [0.1, 0.15) is 11.1 Å². The monoisotopic (exact) mass is 291 g/mol. The number of ether oxygens (including phenoxy) is 1. The molecule has 3 rings (SSSR count). The van der Waals surface area contributed by atoms with E-state index in [1.165, 1.54) is 0 Å². The van der Waals surface area contributed by atoms with Crippen LogP contribution in [-0.4, -0.2) is 19.6 Å². The highest BCUT2D eigenvalue weighted by Crippen LogP contribution is 2.36. The Kier molecular flexibility index (Phi) is 3.79. The van der Waals surface area contributed by atoms with Gasteiger partial charge in [-0.3, -0.25) is 4.79 Å². The topological polar surface area (TPSA) is 29.5 Å². The standard InChI is InChI=1S/C19H17NO2/c1-3-12-22-15-10-8-14(9-11-15)13-17-16-6-4-5-7-18(16)20(2)19(17)21/h3-11,13H,1,12H2,2H3/b17-13-. The van der Waals surface area contributed by atoms with Crippen LogP contribution in [0.2, 0.25) is 0 Å². The van der Waals surface area contributed by atoms with Gasteiger partial charge >= 0.3 is 0 Å². The molecule has 0 fully saturated rings. The smallest absolute Gasteiger partial charge is 0.258 e. The second-order valence-corrected chi connectivity index (χ2v) is 5.11. The Morgan fingerprint density at radius 2 is 1.86 bits per heavy atom. The molecule has 3 nitrogen and oxygen atoms in total. The summed E-state index contributed by atoms with van der Waals surface area (Å²) in [6.45, 7) is 4.11. The van der Waals surface area contributed by atoms with E-state index in [9.17, 15) is 4.79 Å². The van der Waals surface area contributed by atoms with Crippen LogP contribution in [0.5, 0.6) is 5.75 Å². The largest absolute Gasteiger partial charge is 0.490 e. The van der Waals surface area contributed by atoms with Crippen molar-refractivity contribution in [1.29, 1.82) is 0 Å².